The lowest BCUT2D eigenvalue weighted by Gasteiger charge is -2.24. The van der Waals surface area contributed by atoms with E-state index >= 15 is 0 Å². The summed E-state index contributed by atoms with van der Waals surface area (Å²) in [5.74, 6) is -0.998. The van der Waals surface area contributed by atoms with Crippen LogP contribution in [-0.4, -0.2) is 40.3 Å². The second kappa shape index (κ2) is 10.9. The third kappa shape index (κ3) is 6.66. The van der Waals surface area contributed by atoms with Gasteiger partial charge in [0.2, 0.25) is 0 Å². The zero-order chi connectivity index (χ0) is 21.3. The fourth-order valence-electron chi connectivity index (χ4n) is 4.01. The number of aromatic nitrogens is 1. The van der Waals surface area contributed by atoms with Gasteiger partial charge < -0.3 is 14.6 Å². The summed E-state index contributed by atoms with van der Waals surface area (Å²) in [5, 5.41) is 10.2. The lowest BCUT2D eigenvalue weighted by molar-refractivity contribution is -0.145. The van der Waals surface area contributed by atoms with Crippen LogP contribution >= 0.6 is 0 Å². The van der Waals surface area contributed by atoms with Crippen LogP contribution in [0.15, 0.2) is 54.8 Å². The molecule has 0 aromatic carbocycles. The van der Waals surface area contributed by atoms with Crippen molar-refractivity contribution >= 4 is 18.0 Å². The number of ether oxygens (including phenoxy) is 2. The van der Waals surface area contributed by atoms with E-state index in [1.165, 1.54) is 12.2 Å². The summed E-state index contributed by atoms with van der Waals surface area (Å²) in [6.07, 6.45) is 14.2. The summed E-state index contributed by atoms with van der Waals surface area (Å²) in [4.78, 5) is 28.8. The first-order valence-corrected chi connectivity index (χ1v) is 10.5. The average Bonchev–Trinajstić information content (AvgIpc) is 3.10. The fourth-order valence-corrected chi connectivity index (χ4v) is 4.01. The number of cyclic esters (lactones) is 1. The summed E-state index contributed by atoms with van der Waals surface area (Å²) < 4.78 is 11.1. The molecule has 0 amide bonds. The van der Waals surface area contributed by atoms with Crippen molar-refractivity contribution in [2.24, 2.45) is 11.8 Å². The molecule has 0 spiro atoms. The highest BCUT2D eigenvalue weighted by molar-refractivity contribution is 5.87. The van der Waals surface area contributed by atoms with Gasteiger partial charge in [0.15, 0.2) is 0 Å². The summed E-state index contributed by atoms with van der Waals surface area (Å²) in [6.45, 7) is 1.88. The number of carbonyl (C=O) groups is 2. The Morgan fingerprint density at radius 3 is 2.97 bits per heavy atom. The largest absolute Gasteiger partial charge is 0.460 e. The third-order valence-electron chi connectivity index (χ3n) is 5.49. The lowest BCUT2D eigenvalue weighted by atomic mass is 9.89. The predicted molar refractivity (Wildman–Crippen MR) is 113 cm³/mol. The Morgan fingerprint density at radius 1 is 1.30 bits per heavy atom. The Bertz CT molecular complexity index is 801. The van der Waals surface area contributed by atoms with Crippen LogP contribution in [-0.2, 0) is 19.1 Å². The molecule has 1 aromatic heterocycles. The highest BCUT2D eigenvalue weighted by Gasteiger charge is 2.38. The fraction of sp³-hybridized carbons (Fsp3) is 0.458. The Balaban J connectivity index is 1.77. The molecule has 1 fully saturated rings. The molecular formula is C24H29NO5. The Morgan fingerprint density at radius 2 is 2.17 bits per heavy atom. The third-order valence-corrected chi connectivity index (χ3v) is 5.49. The summed E-state index contributed by atoms with van der Waals surface area (Å²) in [6, 6.07) is 5.42. The number of aliphatic hydroxyl groups is 1. The maximum atomic E-state index is 12.5. The van der Waals surface area contributed by atoms with Crippen LogP contribution in [0.2, 0.25) is 0 Å². The van der Waals surface area contributed by atoms with Crippen LogP contribution < -0.4 is 0 Å². The molecule has 1 aliphatic heterocycles. The van der Waals surface area contributed by atoms with Crippen LogP contribution in [0.25, 0.3) is 6.08 Å². The molecule has 30 heavy (non-hydrogen) atoms. The van der Waals surface area contributed by atoms with Crippen molar-refractivity contribution in [2.45, 2.75) is 57.3 Å². The van der Waals surface area contributed by atoms with Gasteiger partial charge in [0, 0.05) is 24.3 Å². The Labute approximate surface area is 177 Å². The highest BCUT2D eigenvalue weighted by atomic mass is 16.5. The van der Waals surface area contributed by atoms with E-state index in [-0.39, 0.29) is 17.9 Å². The van der Waals surface area contributed by atoms with E-state index in [2.05, 4.69) is 17.1 Å². The number of pyridine rings is 1. The van der Waals surface area contributed by atoms with Crippen molar-refractivity contribution in [1.29, 1.82) is 0 Å². The molecule has 2 heterocycles. The molecular weight excluding hydrogens is 382 g/mol. The maximum Gasteiger partial charge on any atom is 0.331 e. The Kier molecular flexibility index (Phi) is 7.97. The minimum absolute atomic E-state index is 0.0800. The molecule has 160 valence electrons. The van der Waals surface area contributed by atoms with Gasteiger partial charge in [0.05, 0.1) is 17.9 Å². The normalized spacial score (nSPS) is 32.2. The van der Waals surface area contributed by atoms with E-state index in [1.54, 1.807) is 30.5 Å². The minimum Gasteiger partial charge on any atom is -0.460 e. The lowest BCUT2D eigenvalue weighted by Crippen LogP contribution is -2.27. The molecule has 1 N–H and O–H groups in total. The number of hydrogen-bond donors (Lipinski definition) is 1. The minimum atomic E-state index is -0.638. The van der Waals surface area contributed by atoms with Gasteiger partial charge in [-0.2, -0.15) is 0 Å². The molecule has 1 aliphatic carbocycles. The molecule has 5 atom stereocenters. The number of rotatable bonds is 3. The summed E-state index contributed by atoms with van der Waals surface area (Å²) in [7, 11) is 0. The van der Waals surface area contributed by atoms with Gasteiger partial charge in [0.25, 0.3) is 0 Å². The number of nitrogens with zero attached hydrogens (tertiary/aromatic N) is 1. The van der Waals surface area contributed by atoms with Crippen LogP contribution in [0, 0.1) is 11.8 Å². The number of carbonyl (C=O) groups excluding carboxylic acids is 2. The van der Waals surface area contributed by atoms with Crippen molar-refractivity contribution in [1.82, 2.24) is 4.98 Å². The van der Waals surface area contributed by atoms with Gasteiger partial charge in [-0.05, 0) is 69.2 Å². The van der Waals surface area contributed by atoms with E-state index in [0.29, 0.717) is 18.5 Å². The highest BCUT2D eigenvalue weighted by Crippen LogP contribution is 2.37. The quantitative estimate of drug-likeness (QED) is 0.464. The number of hydrogen-bond acceptors (Lipinski definition) is 6. The van der Waals surface area contributed by atoms with Crippen molar-refractivity contribution in [3.8, 4) is 0 Å². The molecule has 6 heteroatoms. The first-order chi connectivity index (χ1) is 14.5. The van der Waals surface area contributed by atoms with Crippen molar-refractivity contribution in [2.75, 3.05) is 0 Å². The number of allylic oxidation sites excluding steroid dienone is 2. The molecule has 0 saturated heterocycles. The van der Waals surface area contributed by atoms with Crippen molar-refractivity contribution in [3.05, 3.63) is 60.5 Å². The van der Waals surface area contributed by atoms with E-state index in [4.69, 9.17) is 9.47 Å². The number of aliphatic hydroxyl groups excluding tert-OH is 1. The zero-order valence-corrected chi connectivity index (χ0v) is 17.2. The van der Waals surface area contributed by atoms with Crippen LogP contribution in [0.5, 0.6) is 0 Å². The molecule has 1 saturated carbocycles. The average molecular weight is 411 g/mol. The molecule has 6 nitrogen and oxygen atoms in total. The predicted octanol–water partition coefficient (Wildman–Crippen LogP) is 3.62. The second-order valence-electron chi connectivity index (χ2n) is 7.91. The van der Waals surface area contributed by atoms with Crippen LogP contribution in [0.3, 0.4) is 0 Å². The maximum absolute atomic E-state index is 12.5. The SMILES string of the molecule is C[C@H]1CCC/C=C/[C@@H]2C[C@H](O)C[C@H]2[C@H](OC(=O)/C=C/c2ccccn2)/C=C/C(=O)O1. The van der Waals surface area contributed by atoms with E-state index in [0.717, 1.165) is 19.3 Å². The topological polar surface area (TPSA) is 85.7 Å². The first kappa shape index (κ1) is 22.0. The van der Waals surface area contributed by atoms with Gasteiger partial charge in [-0.15, -0.1) is 0 Å². The first-order valence-electron chi connectivity index (χ1n) is 10.5. The van der Waals surface area contributed by atoms with Crippen LogP contribution in [0.1, 0.15) is 44.7 Å². The smallest absolute Gasteiger partial charge is 0.331 e. The monoisotopic (exact) mass is 411 g/mol. The molecule has 0 bridgehead atoms. The van der Waals surface area contributed by atoms with E-state index in [9.17, 15) is 14.7 Å². The van der Waals surface area contributed by atoms with E-state index in [1.807, 2.05) is 13.0 Å². The Hall–Kier alpha value is -2.73. The van der Waals surface area contributed by atoms with Gasteiger partial charge in [-0.25, -0.2) is 9.59 Å². The molecule has 0 unspecified atom stereocenters. The molecule has 1 aromatic rings. The van der Waals surface area contributed by atoms with Crippen molar-refractivity contribution < 1.29 is 24.2 Å². The standard InChI is InChI=1S/C24H29NO5/c1-17-7-3-2-4-8-18-15-20(26)16-21(18)22(11-13-23(27)29-17)30-24(28)12-10-19-9-5-6-14-25-19/h4-6,8-14,17-18,20-22,26H,2-3,7,15-16H2,1H3/b8-4+,12-10+,13-11+/t17-,18+,20-,21+,22+/m0/s1. The van der Waals surface area contributed by atoms with Gasteiger partial charge in [0.1, 0.15) is 6.10 Å². The zero-order valence-electron chi connectivity index (χ0n) is 17.2. The van der Waals surface area contributed by atoms with Crippen LogP contribution in [0.4, 0.5) is 0 Å². The number of fused-ring (bicyclic) bond motifs is 1. The second-order valence-corrected chi connectivity index (χ2v) is 7.91. The van der Waals surface area contributed by atoms with Gasteiger partial charge in [-0.3, -0.25) is 4.98 Å². The molecule has 2 aliphatic rings. The van der Waals surface area contributed by atoms with Gasteiger partial charge >= 0.3 is 11.9 Å². The van der Waals surface area contributed by atoms with Gasteiger partial charge in [-0.1, -0.05) is 18.2 Å². The summed E-state index contributed by atoms with van der Waals surface area (Å²) in [5.41, 5.74) is 0.648. The molecule has 0 radical (unpaired) electrons. The van der Waals surface area contributed by atoms with Crippen molar-refractivity contribution in [3.63, 3.8) is 0 Å². The summed E-state index contributed by atoms with van der Waals surface area (Å²) >= 11 is 0. The van der Waals surface area contributed by atoms with E-state index < -0.39 is 24.1 Å². The molecule has 3 rings (SSSR count). The number of esters is 2.